The lowest BCUT2D eigenvalue weighted by atomic mass is 10.0. The third kappa shape index (κ3) is 4.47. The zero-order valence-electron chi connectivity index (χ0n) is 19.6. The molecule has 2 aliphatic rings. The molecular formula is C23H30N8O3. The average Bonchev–Trinajstić information content (AvgIpc) is 3.46. The second-order valence-electron chi connectivity index (χ2n) is 9.03. The summed E-state index contributed by atoms with van der Waals surface area (Å²) >= 11 is 0. The van der Waals surface area contributed by atoms with E-state index in [9.17, 15) is 9.59 Å². The summed E-state index contributed by atoms with van der Waals surface area (Å²) in [6.45, 7) is 6.64. The lowest BCUT2D eigenvalue weighted by molar-refractivity contribution is -0.133. The van der Waals surface area contributed by atoms with Crippen LogP contribution in [0.3, 0.4) is 0 Å². The lowest BCUT2D eigenvalue weighted by Gasteiger charge is -2.37. The Morgan fingerprint density at radius 1 is 1.12 bits per heavy atom. The number of amides is 2. The normalized spacial score (nSPS) is 17.9. The maximum absolute atomic E-state index is 12.9. The fourth-order valence-electron chi connectivity index (χ4n) is 4.75. The summed E-state index contributed by atoms with van der Waals surface area (Å²) in [4.78, 5) is 40.4. The summed E-state index contributed by atoms with van der Waals surface area (Å²) in [6, 6.07) is 1.89. The van der Waals surface area contributed by atoms with E-state index in [-0.39, 0.29) is 17.9 Å². The van der Waals surface area contributed by atoms with Crippen molar-refractivity contribution in [2.75, 3.05) is 50.7 Å². The van der Waals surface area contributed by atoms with Gasteiger partial charge >= 0.3 is 0 Å². The van der Waals surface area contributed by atoms with Gasteiger partial charge in [0.1, 0.15) is 12.1 Å². The van der Waals surface area contributed by atoms with E-state index in [0.29, 0.717) is 25.4 Å². The van der Waals surface area contributed by atoms with Gasteiger partial charge in [-0.2, -0.15) is 5.10 Å². The van der Waals surface area contributed by atoms with Crippen LogP contribution in [0.2, 0.25) is 0 Å². The number of carbonyl (C=O) groups is 2. The second kappa shape index (κ2) is 9.41. The Balaban J connectivity index is 1.08. The fourth-order valence-corrected chi connectivity index (χ4v) is 4.75. The maximum Gasteiger partial charge on any atom is 0.287 e. The minimum absolute atomic E-state index is 0.101. The highest BCUT2D eigenvalue weighted by molar-refractivity contribution is 5.93. The van der Waals surface area contributed by atoms with Gasteiger partial charge in [-0.25, -0.2) is 9.97 Å². The molecular weight excluding hydrogens is 436 g/mol. The van der Waals surface area contributed by atoms with Crippen LogP contribution >= 0.6 is 0 Å². The van der Waals surface area contributed by atoms with Gasteiger partial charge in [-0.3, -0.25) is 19.2 Å². The molecule has 5 rings (SSSR count). The summed E-state index contributed by atoms with van der Waals surface area (Å²) in [7, 11) is 1.87. The summed E-state index contributed by atoms with van der Waals surface area (Å²) in [5, 5.41) is 8.28. The number of piperidine rings is 1. The highest BCUT2D eigenvalue weighted by Crippen LogP contribution is 2.23. The SMILES string of the molecule is Cc1ccoc1C(=O)NC1CCN(CC(=O)N2CCN(c3ncnc4c3cnn4C)CC2)CC1. The molecule has 2 aliphatic heterocycles. The molecule has 0 atom stereocenters. The Morgan fingerprint density at radius 3 is 2.59 bits per heavy atom. The van der Waals surface area contributed by atoms with Gasteiger partial charge in [0.15, 0.2) is 11.4 Å². The number of fused-ring (bicyclic) bond motifs is 1. The van der Waals surface area contributed by atoms with Gasteiger partial charge in [-0.1, -0.05) is 0 Å². The predicted octanol–water partition coefficient (Wildman–Crippen LogP) is 0.808. The smallest absolute Gasteiger partial charge is 0.287 e. The molecule has 2 saturated heterocycles. The third-order valence-electron chi connectivity index (χ3n) is 6.79. The first-order valence-electron chi connectivity index (χ1n) is 11.7. The molecule has 0 unspecified atom stereocenters. The Labute approximate surface area is 197 Å². The Bertz CT molecular complexity index is 1170. The molecule has 180 valence electrons. The molecule has 5 heterocycles. The van der Waals surface area contributed by atoms with Crippen LogP contribution in [-0.2, 0) is 11.8 Å². The highest BCUT2D eigenvalue weighted by atomic mass is 16.3. The highest BCUT2D eigenvalue weighted by Gasteiger charge is 2.27. The van der Waals surface area contributed by atoms with Crippen molar-refractivity contribution in [2.24, 2.45) is 7.05 Å². The van der Waals surface area contributed by atoms with Gasteiger partial charge < -0.3 is 19.5 Å². The molecule has 2 fully saturated rings. The number of anilines is 1. The summed E-state index contributed by atoms with van der Waals surface area (Å²) in [5.74, 6) is 1.24. The predicted molar refractivity (Wildman–Crippen MR) is 125 cm³/mol. The van der Waals surface area contributed by atoms with Crippen molar-refractivity contribution < 1.29 is 14.0 Å². The molecule has 3 aromatic rings. The van der Waals surface area contributed by atoms with Crippen LogP contribution in [-0.4, -0.2) is 93.2 Å². The Hall–Kier alpha value is -3.47. The number of nitrogens with one attached hydrogen (secondary N) is 1. The van der Waals surface area contributed by atoms with Crippen molar-refractivity contribution in [1.29, 1.82) is 0 Å². The van der Waals surface area contributed by atoms with E-state index >= 15 is 0 Å². The molecule has 0 spiro atoms. The molecule has 0 bridgehead atoms. The topological polar surface area (TPSA) is 113 Å². The molecule has 2 amide bonds. The number of hydrogen-bond donors (Lipinski definition) is 1. The molecule has 11 heteroatoms. The van der Waals surface area contributed by atoms with E-state index in [2.05, 4.69) is 30.2 Å². The van der Waals surface area contributed by atoms with Crippen LogP contribution in [0.1, 0.15) is 29.0 Å². The number of furan rings is 1. The first-order valence-corrected chi connectivity index (χ1v) is 11.7. The molecule has 0 aliphatic carbocycles. The number of carbonyl (C=O) groups excluding carboxylic acids is 2. The minimum atomic E-state index is -0.165. The number of hydrogen-bond acceptors (Lipinski definition) is 8. The van der Waals surface area contributed by atoms with E-state index in [4.69, 9.17) is 4.42 Å². The van der Waals surface area contributed by atoms with Crippen molar-refractivity contribution in [3.63, 3.8) is 0 Å². The van der Waals surface area contributed by atoms with E-state index in [0.717, 1.165) is 61.4 Å². The van der Waals surface area contributed by atoms with Crippen molar-refractivity contribution in [3.8, 4) is 0 Å². The second-order valence-corrected chi connectivity index (χ2v) is 9.03. The van der Waals surface area contributed by atoms with Crippen LogP contribution in [0.4, 0.5) is 5.82 Å². The van der Waals surface area contributed by atoms with Crippen molar-refractivity contribution in [1.82, 2.24) is 34.9 Å². The Morgan fingerprint density at radius 2 is 1.88 bits per heavy atom. The lowest BCUT2D eigenvalue weighted by Crippen LogP contribution is -2.53. The molecule has 11 nitrogen and oxygen atoms in total. The number of rotatable bonds is 5. The summed E-state index contributed by atoms with van der Waals surface area (Å²) < 4.78 is 7.02. The maximum atomic E-state index is 12.9. The average molecular weight is 467 g/mol. The largest absolute Gasteiger partial charge is 0.459 e. The zero-order chi connectivity index (χ0) is 23.7. The van der Waals surface area contributed by atoms with Gasteiger partial charge in [0, 0.05) is 57.9 Å². The van der Waals surface area contributed by atoms with Gasteiger partial charge in [-0.15, -0.1) is 0 Å². The van der Waals surface area contributed by atoms with Crippen molar-refractivity contribution >= 4 is 28.7 Å². The zero-order valence-corrected chi connectivity index (χ0v) is 19.6. The van der Waals surface area contributed by atoms with Crippen LogP contribution in [0.15, 0.2) is 29.3 Å². The quantitative estimate of drug-likeness (QED) is 0.588. The molecule has 0 saturated carbocycles. The fraction of sp³-hybridized carbons (Fsp3) is 0.522. The molecule has 34 heavy (non-hydrogen) atoms. The molecule has 1 N–H and O–H groups in total. The van der Waals surface area contributed by atoms with E-state index in [1.807, 2.05) is 18.9 Å². The first kappa shape index (κ1) is 22.3. The van der Waals surface area contributed by atoms with E-state index < -0.39 is 0 Å². The number of likely N-dealkylation sites (tertiary alicyclic amines) is 1. The monoisotopic (exact) mass is 466 g/mol. The first-order chi connectivity index (χ1) is 16.5. The van der Waals surface area contributed by atoms with Gasteiger partial charge in [0.05, 0.1) is 24.4 Å². The number of nitrogens with zero attached hydrogens (tertiary/aromatic N) is 7. The third-order valence-corrected chi connectivity index (χ3v) is 6.79. The van der Waals surface area contributed by atoms with Crippen LogP contribution in [0.25, 0.3) is 11.0 Å². The van der Waals surface area contributed by atoms with Gasteiger partial charge in [0.2, 0.25) is 5.91 Å². The molecule has 3 aromatic heterocycles. The minimum Gasteiger partial charge on any atom is -0.459 e. The summed E-state index contributed by atoms with van der Waals surface area (Å²) in [6.07, 6.45) is 6.54. The summed E-state index contributed by atoms with van der Waals surface area (Å²) in [5.41, 5.74) is 1.65. The molecule has 0 radical (unpaired) electrons. The Kier molecular flexibility index (Phi) is 6.18. The van der Waals surface area contributed by atoms with E-state index in [1.54, 1.807) is 23.3 Å². The van der Waals surface area contributed by atoms with Crippen LogP contribution in [0.5, 0.6) is 0 Å². The molecule has 0 aromatic carbocycles. The van der Waals surface area contributed by atoms with Crippen LogP contribution in [0, 0.1) is 6.92 Å². The van der Waals surface area contributed by atoms with Gasteiger partial charge in [0.25, 0.3) is 5.91 Å². The number of aryl methyl sites for hydroxylation is 2. The number of piperazine rings is 1. The number of aromatic nitrogens is 4. The van der Waals surface area contributed by atoms with Crippen molar-refractivity contribution in [3.05, 3.63) is 36.2 Å². The van der Waals surface area contributed by atoms with Crippen molar-refractivity contribution in [2.45, 2.75) is 25.8 Å². The standard InChI is InChI=1S/C23H30N8O3/c1-16-5-12-34-20(16)23(33)27-17-3-6-29(7-4-17)14-19(32)30-8-10-31(11-9-30)22-18-13-26-28(2)21(18)24-15-25-22/h5,12-13,15,17H,3-4,6-11,14H2,1-2H3,(H,27,33). The van der Waals surface area contributed by atoms with E-state index in [1.165, 1.54) is 6.26 Å². The van der Waals surface area contributed by atoms with Gasteiger partial charge in [-0.05, 0) is 25.8 Å². The van der Waals surface area contributed by atoms with Crippen LogP contribution < -0.4 is 10.2 Å².